The van der Waals surface area contributed by atoms with Crippen LogP contribution in [0.1, 0.15) is 52.4 Å². The number of carbonyl (C=O) groups excluding carboxylic acids is 1. The lowest BCUT2D eigenvalue weighted by Crippen LogP contribution is -2.31. The van der Waals surface area contributed by atoms with E-state index in [2.05, 4.69) is 13.8 Å². The van der Waals surface area contributed by atoms with Crippen molar-refractivity contribution in [2.24, 2.45) is 23.5 Å². The van der Waals surface area contributed by atoms with E-state index in [9.17, 15) is 4.79 Å². The summed E-state index contributed by atoms with van der Waals surface area (Å²) in [5.74, 6) is 2.30. The van der Waals surface area contributed by atoms with Gasteiger partial charge in [-0.1, -0.05) is 13.8 Å². The molecule has 3 heteroatoms. The fourth-order valence-corrected chi connectivity index (χ4v) is 2.65. The predicted molar refractivity (Wildman–Crippen MR) is 76.2 cm³/mol. The standard InChI is InChI=1S/C15H30N2O/c1-12(2)8-9-17(3)15(18)10-13-4-6-14(11-16)7-5-13/h12-14H,4-11,16H2,1-3H3. The van der Waals surface area contributed by atoms with E-state index in [0.717, 1.165) is 25.9 Å². The van der Waals surface area contributed by atoms with Crippen LogP contribution in [0.4, 0.5) is 0 Å². The van der Waals surface area contributed by atoms with E-state index >= 15 is 0 Å². The molecule has 1 fully saturated rings. The molecule has 0 heterocycles. The second-order valence-electron chi connectivity index (χ2n) is 6.32. The molecule has 0 unspecified atom stereocenters. The SMILES string of the molecule is CC(C)CCN(C)C(=O)CC1CCC(CN)CC1. The minimum absolute atomic E-state index is 0.326. The quantitative estimate of drug-likeness (QED) is 0.792. The molecular formula is C15H30N2O. The van der Waals surface area contributed by atoms with Gasteiger partial charge in [0.05, 0.1) is 0 Å². The average molecular weight is 254 g/mol. The molecule has 1 aliphatic carbocycles. The van der Waals surface area contributed by atoms with Crippen LogP contribution < -0.4 is 5.73 Å². The van der Waals surface area contributed by atoms with Crippen LogP contribution in [0, 0.1) is 17.8 Å². The second kappa shape index (κ2) is 7.78. The third-order valence-corrected chi connectivity index (χ3v) is 4.23. The Bertz CT molecular complexity index is 245. The second-order valence-corrected chi connectivity index (χ2v) is 6.32. The average Bonchev–Trinajstić information content (AvgIpc) is 2.36. The Labute approximate surface area is 112 Å². The van der Waals surface area contributed by atoms with E-state index in [0.29, 0.717) is 23.7 Å². The Morgan fingerprint density at radius 3 is 2.28 bits per heavy atom. The van der Waals surface area contributed by atoms with Crippen molar-refractivity contribution in [3.8, 4) is 0 Å². The highest BCUT2D eigenvalue weighted by atomic mass is 16.2. The van der Waals surface area contributed by atoms with E-state index in [1.165, 1.54) is 25.7 Å². The number of nitrogens with zero attached hydrogens (tertiary/aromatic N) is 1. The number of hydrogen-bond acceptors (Lipinski definition) is 2. The minimum Gasteiger partial charge on any atom is -0.346 e. The first-order valence-corrected chi connectivity index (χ1v) is 7.47. The van der Waals surface area contributed by atoms with Gasteiger partial charge in [0, 0.05) is 20.0 Å². The molecule has 0 spiro atoms. The molecule has 1 aliphatic rings. The molecule has 0 aromatic carbocycles. The van der Waals surface area contributed by atoms with Crippen LogP contribution in [0.2, 0.25) is 0 Å². The lowest BCUT2D eigenvalue weighted by molar-refractivity contribution is -0.131. The van der Waals surface area contributed by atoms with E-state index in [1.54, 1.807) is 0 Å². The van der Waals surface area contributed by atoms with Crippen LogP contribution in [0.25, 0.3) is 0 Å². The van der Waals surface area contributed by atoms with Gasteiger partial charge >= 0.3 is 0 Å². The summed E-state index contributed by atoms with van der Waals surface area (Å²) in [5, 5.41) is 0. The molecule has 0 atom stereocenters. The van der Waals surface area contributed by atoms with Gasteiger partial charge in [-0.25, -0.2) is 0 Å². The normalized spacial score (nSPS) is 24.3. The zero-order valence-electron chi connectivity index (χ0n) is 12.3. The molecule has 0 aromatic heterocycles. The van der Waals surface area contributed by atoms with Gasteiger partial charge in [0.15, 0.2) is 0 Å². The lowest BCUT2D eigenvalue weighted by atomic mass is 9.80. The number of hydrogen-bond donors (Lipinski definition) is 1. The summed E-state index contributed by atoms with van der Waals surface area (Å²) in [5.41, 5.74) is 5.69. The third-order valence-electron chi connectivity index (χ3n) is 4.23. The molecule has 106 valence electrons. The van der Waals surface area contributed by atoms with Gasteiger partial charge < -0.3 is 10.6 Å². The van der Waals surface area contributed by atoms with Crippen molar-refractivity contribution in [2.75, 3.05) is 20.1 Å². The van der Waals surface area contributed by atoms with Crippen molar-refractivity contribution in [3.63, 3.8) is 0 Å². The first-order chi connectivity index (χ1) is 8.52. The molecule has 18 heavy (non-hydrogen) atoms. The first-order valence-electron chi connectivity index (χ1n) is 7.47. The number of nitrogens with two attached hydrogens (primary N) is 1. The molecule has 0 saturated heterocycles. The monoisotopic (exact) mass is 254 g/mol. The minimum atomic E-state index is 0.326. The molecule has 0 radical (unpaired) electrons. The smallest absolute Gasteiger partial charge is 0.222 e. The Morgan fingerprint density at radius 2 is 1.78 bits per heavy atom. The van der Waals surface area contributed by atoms with Gasteiger partial charge in [0.2, 0.25) is 5.91 Å². The number of carbonyl (C=O) groups is 1. The highest BCUT2D eigenvalue weighted by Gasteiger charge is 2.23. The van der Waals surface area contributed by atoms with E-state index < -0.39 is 0 Å². The van der Waals surface area contributed by atoms with Crippen molar-refractivity contribution in [3.05, 3.63) is 0 Å². The van der Waals surface area contributed by atoms with E-state index in [4.69, 9.17) is 5.73 Å². The molecular weight excluding hydrogens is 224 g/mol. The van der Waals surface area contributed by atoms with Crippen molar-refractivity contribution in [1.29, 1.82) is 0 Å². The molecule has 0 aliphatic heterocycles. The fraction of sp³-hybridized carbons (Fsp3) is 0.933. The van der Waals surface area contributed by atoms with Crippen LogP contribution in [-0.2, 0) is 4.79 Å². The Kier molecular flexibility index (Phi) is 6.69. The maximum Gasteiger partial charge on any atom is 0.222 e. The summed E-state index contributed by atoms with van der Waals surface area (Å²) in [6, 6.07) is 0. The van der Waals surface area contributed by atoms with Crippen molar-refractivity contribution in [2.45, 2.75) is 52.4 Å². The molecule has 1 saturated carbocycles. The van der Waals surface area contributed by atoms with E-state index in [1.807, 2.05) is 11.9 Å². The fourth-order valence-electron chi connectivity index (χ4n) is 2.65. The first kappa shape index (κ1) is 15.5. The zero-order valence-corrected chi connectivity index (χ0v) is 12.3. The van der Waals surface area contributed by atoms with Gasteiger partial charge in [-0.2, -0.15) is 0 Å². The highest BCUT2D eigenvalue weighted by Crippen LogP contribution is 2.30. The van der Waals surface area contributed by atoms with Gasteiger partial charge in [-0.3, -0.25) is 4.79 Å². The molecule has 0 bridgehead atoms. The summed E-state index contributed by atoms with van der Waals surface area (Å²) >= 11 is 0. The van der Waals surface area contributed by atoms with Gasteiger partial charge in [0.1, 0.15) is 0 Å². The van der Waals surface area contributed by atoms with E-state index in [-0.39, 0.29) is 0 Å². The summed E-state index contributed by atoms with van der Waals surface area (Å²) in [6.07, 6.45) is 6.64. The van der Waals surface area contributed by atoms with Crippen molar-refractivity contribution in [1.82, 2.24) is 4.90 Å². The van der Waals surface area contributed by atoms with Crippen LogP contribution in [0.15, 0.2) is 0 Å². The predicted octanol–water partition coefficient (Wildman–Crippen LogP) is 2.65. The van der Waals surface area contributed by atoms with Gasteiger partial charge in [0.25, 0.3) is 0 Å². The molecule has 1 rings (SSSR count). The summed E-state index contributed by atoms with van der Waals surface area (Å²) in [4.78, 5) is 14.0. The summed E-state index contributed by atoms with van der Waals surface area (Å²) in [6.45, 7) is 6.11. The molecule has 1 amide bonds. The van der Waals surface area contributed by atoms with Crippen LogP contribution in [0.3, 0.4) is 0 Å². The van der Waals surface area contributed by atoms with Crippen LogP contribution in [0.5, 0.6) is 0 Å². The topological polar surface area (TPSA) is 46.3 Å². The number of amides is 1. The zero-order chi connectivity index (χ0) is 13.5. The Morgan fingerprint density at radius 1 is 1.22 bits per heavy atom. The van der Waals surface area contributed by atoms with Crippen LogP contribution >= 0.6 is 0 Å². The highest BCUT2D eigenvalue weighted by molar-refractivity contribution is 5.76. The number of rotatable bonds is 6. The molecule has 3 nitrogen and oxygen atoms in total. The van der Waals surface area contributed by atoms with Crippen LogP contribution in [-0.4, -0.2) is 30.9 Å². The maximum atomic E-state index is 12.1. The molecule has 0 aromatic rings. The van der Waals surface area contributed by atoms with Crippen molar-refractivity contribution >= 4 is 5.91 Å². The van der Waals surface area contributed by atoms with Gasteiger partial charge in [-0.15, -0.1) is 0 Å². The molecule has 2 N–H and O–H groups in total. The Hall–Kier alpha value is -0.570. The lowest BCUT2D eigenvalue weighted by Gasteiger charge is -2.28. The van der Waals surface area contributed by atoms with Gasteiger partial charge in [-0.05, 0) is 56.4 Å². The van der Waals surface area contributed by atoms with Crippen molar-refractivity contribution < 1.29 is 4.79 Å². The maximum absolute atomic E-state index is 12.1. The summed E-state index contributed by atoms with van der Waals surface area (Å²) < 4.78 is 0. The Balaban J connectivity index is 2.23. The summed E-state index contributed by atoms with van der Waals surface area (Å²) in [7, 11) is 1.94. The largest absolute Gasteiger partial charge is 0.346 e. The third kappa shape index (κ3) is 5.38.